The minimum absolute atomic E-state index is 0. The highest BCUT2D eigenvalue weighted by Crippen LogP contribution is 2.19. The quantitative estimate of drug-likeness (QED) is 0.510. The molecule has 0 radical (unpaired) electrons. The van der Waals surface area contributed by atoms with Gasteiger partial charge in [0, 0.05) is 34.1 Å². The van der Waals surface area contributed by atoms with Gasteiger partial charge in [-0.3, -0.25) is 4.79 Å². The van der Waals surface area contributed by atoms with Crippen LogP contribution in [0, 0.1) is 0 Å². The van der Waals surface area contributed by atoms with Crippen molar-refractivity contribution in [2.75, 3.05) is 27.2 Å². The third-order valence-electron chi connectivity index (χ3n) is 4.40. The number of hydrogen-bond acceptors (Lipinski definition) is 1. The maximum absolute atomic E-state index is 12.5. The molecule has 1 N–H and O–H groups in total. The van der Waals surface area contributed by atoms with Gasteiger partial charge in [0.2, 0.25) is 5.78 Å². The highest BCUT2D eigenvalue weighted by Gasteiger charge is 2.21. The second kappa shape index (κ2) is 8.05. The minimum atomic E-state index is 0. The predicted molar refractivity (Wildman–Crippen MR) is 99.6 cm³/mol. The van der Waals surface area contributed by atoms with Crippen LogP contribution >= 0.6 is 11.6 Å². The van der Waals surface area contributed by atoms with Crippen molar-refractivity contribution in [2.45, 2.75) is 6.42 Å². The van der Waals surface area contributed by atoms with Gasteiger partial charge in [0.1, 0.15) is 6.54 Å². The Morgan fingerprint density at radius 3 is 2.48 bits per heavy atom. The standard InChI is InChI=1S/C20H22ClN2O.ClH/c1-23(2,14-20(24)15-7-9-17(21)10-8-15)12-11-16-13-22-19-6-4-3-5-18(16)19;/h3-10,13,22H,11-12,14H2,1-2H3;1H/q+1;/p-1. The van der Waals surface area contributed by atoms with E-state index >= 15 is 0 Å². The van der Waals surface area contributed by atoms with Gasteiger partial charge in [0.25, 0.3) is 0 Å². The van der Waals surface area contributed by atoms with Crippen molar-refractivity contribution in [3.05, 3.63) is 70.9 Å². The third-order valence-corrected chi connectivity index (χ3v) is 4.65. The SMILES string of the molecule is C[N+](C)(CCc1c[nH]c2ccccc12)CC(=O)c1ccc(Cl)cc1.[Cl-]. The Balaban J connectivity index is 0.00000225. The Labute approximate surface area is 159 Å². The first-order valence-electron chi connectivity index (χ1n) is 8.10. The number of halogens is 2. The first-order chi connectivity index (χ1) is 11.4. The molecule has 0 fully saturated rings. The van der Waals surface area contributed by atoms with Gasteiger partial charge in [-0.15, -0.1) is 0 Å². The number of carbonyl (C=O) groups is 1. The van der Waals surface area contributed by atoms with Crippen molar-refractivity contribution in [3.8, 4) is 0 Å². The largest absolute Gasteiger partial charge is 1.00 e. The van der Waals surface area contributed by atoms with Gasteiger partial charge in [-0.1, -0.05) is 29.8 Å². The Hall–Kier alpha value is -1.81. The number of ketones is 1. The molecular weight excluding hydrogens is 355 g/mol. The number of benzene rings is 2. The number of hydrogen-bond donors (Lipinski definition) is 1. The lowest BCUT2D eigenvalue weighted by molar-refractivity contribution is -0.881. The van der Waals surface area contributed by atoms with Gasteiger partial charge in [0.05, 0.1) is 20.6 Å². The molecule has 0 atom stereocenters. The first kappa shape index (κ1) is 19.5. The van der Waals surface area contributed by atoms with Crippen molar-refractivity contribution in [1.82, 2.24) is 4.98 Å². The molecular formula is C20H22Cl2N2O. The van der Waals surface area contributed by atoms with Crippen LogP contribution in [0.2, 0.25) is 5.02 Å². The van der Waals surface area contributed by atoms with Crippen LogP contribution in [0.1, 0.15) is 15.9 Å². The summed E-state index contributed by atoms with van der Waals surface area (Å²) in [4.78, 5) is 15.8. The van der Waals surface area contributed by atoms with Crippen LogP contribution in [0.25, 0.3) is 10.9 Å². The molecule has 1 heterocycles. The molecule has 1 aromatic heterocycles. The summed E-state index contributed by atoms with van der Waals surface area (Å²) >= 11 is 5.89. The van der Waals surface area contributed by atoms with Crippen molar-refractivity contribution >= 4 is 28.3 Å². The summed E-state index contributed by atoms with van der Waals surface area (Å²) in [5.41, 5.74) is 3.18. The van der Waals surface area contributed by atoms with E-state index in [1.54, 1.807) is 24.3 Å². The number of quaternary nitrogens is 1. The number of nitrogens with one attached hydrogen (secondary N) is 1. The van der Waals surface area contributed by atoms with E-state index in [1.807, 2.05) is 6.07 Å². The number of Topliss-reactive ketones (excluding diaryl/α,β-unsaturated/α-hetero) is 1. The van der Waals surface area contributed by atoms with Gasteiger partial charge in [0.15, 0.2) is 0 Å². The molecule has 0 saturated carbocycles. The topological polar surface area (TPSA) is 32.9 Å². The summed E-state index contributed by atoms with van der Waals surface area (Å²) in [5, 5.41) is 1.92. The smallest absolute Gasteiger partial charge is 0.216 e. The molecule has 2 aromatic carbocycles. The first-order valence-corrected chi connectivity index (χ1v) is 8.48. The number of carbonyl (C=O) groups excluding carboxylic acids is 1. The van der Waals surface area contributed by atoms with Crippen molar-refractivity contribution in [1.29, 1.82) is 0 Å². The molecule has 0 saturated heterocycles. The number of aromatic amines is 1. The van der Waals surface area contributed by atoms with Crippen LogP contribution in [0.15, 0.2) is 54.7 Å². The zero-order valence-corrected chi connectivity index (χ0v) is 15.9. The summed E-state index contributed by atoms with van der Waals surface area (Å²) < 4.78 is 0.654. The molecule has 0 aliphatic heterocycles. The van der Waals surface area contributed by atoms with Crippen LogP contribution in [0.4, 0.5) is 0 Å². The number of likely N-dealkylation sites (N-methyl/N-ethyl adjacent to an activating group) is 1. The fraction of sp³-hybridized carbons (Fsp3) is 0.250. The second-order valence-corrected chi connectivity index (χ2v) is 7.29. The lowest BCUT2D eigenvalue weighted by atomic mass is 10.1. The van der Waals surface area contributed by atoms with E-state index in [0.29, 0.717) is 16.1 Å². The van der Waals surface area contributed by atoms with E-state index in [0.717, 1.165) is 24.0 Å². The van der Waals surface area contributed by atoms with E-state index < -0.39 is 0 Å². The van der Waals surface area contributed by atoms with Crippen molar-refractivity contribution in [3.63, 3.8) is 0 Å². The summed E-state index contributed by atoms with van der Waals surface area (Å²) in [6.45, 7) is 1.38. The van der Waals surface area contributed by atoms with E-state index in [1.165, 1.54) is 10.9 Å². The number of fused-ring (bicyclic) bond motifs is 1. The van der Waals surface area contributed by atoms with Crippen LogP contribution in [0.3, 0.4) is 0 Å². The molecule has 3 aromatic rings. The van der Waals surface area contributed by atoms with Gasteiger partial charge in [-0.05, 0) is 35.9 Å². The normalized spacial score (nSPS) is 11.3. The lowest BCUT2D eigenvalue weighted by Crippen LogP contribution is -3.00. The van der Waals surface area contributed by atoms with Crippen LogP contribution in [0.5, 0.6) is 0 Å². The van der Waals surface area contributed by atoms with Gasteiger partial charge in [-0.25, -0.2) is 0 Å². The Bertz CT molecular complexity index is 854. The lowest BCUT2D eigenvalue weighted by Gasteiger charge is -2.29. The molecule has 0 aliphatic carbocycles. The zero-order chi connectivity index (χ0) is 17.2. The molecule has 0 spiro atoms. The number of aromatic nitrogens is 1. The minimum Gasteiger partial charge on any atom is -1.00 e. The number of nitrogens with zero attached hydrogens (tertiary/aromatic N) is 1. The Morgan fingerprint density at radius 2 is 1.76 bits per heavy atom. The predicted octanol–water partition coefficient (Wildman–Crippen LogP) is 1.33. The number of rotatable bonds is 6. The molecule has 0 unspecified atom stereocenters. The van der Waals surface area contributed by atoms with Gasteiger partial charge in [-0.2, -0.15) is 0 Å². The molecule has 25 heavy (non-hydrogen) atoms. The number of para-hydroxylation sites is 1. The second-order valence-electron chi connectivity index (χ2n) is 6.86. The molecule has 0 aliphatic rings. The van der Waals surface area contributed by atoms with E-state index in [-0.39, 0.29) is 18.2 Å². The fourth-order valence-corrected chi connectivity index (χ4v) is 3.08. The highest BCUT2D eigenvalue weighted by molar-refractivity contribution is 6.30. The van der Waals surface area contributed by atoms with Crippen LogP contribution in [-0.2, 0) is 6.42 Å². The maximum Gasteiger partial charge on any atom is 0.216 e. The average Bonchev–Trinajstić information content (AvgIpc) is 2.96. The van der Waals surface area contributed by atoms with E-state index in [2.05, 4.69) is 43.5 Å². The summed E-state index contributed by atoms with van der Waals surface area (Å²) in [7, 11) is 4.20. The molecule has 3 nitrogen and oxygen atoms in total. The molecule has 132 valence electrons. The molecule has 0 bridgehead atoms. The van der Waals surface area contributed by atoms with E-state index in [4.69, 9.17) is 11.6 Å². The number of H-pyrrole nitrogens is 1. The van der Waals surface area contributed by atoms with Gasteiger partial charge < -0.3 is 21.9 Å². The average molecular weight is 377 g/mol. The molecule has 5 heteroatoms. The molecule has 3 rings (SSSR count). The highest BCUT2D eigenvalue weighted by atomic mass is 35.5. The zero-order valence-electron chi connectivity index (χ0n) is 14.4. The van der Waals surface area contributed by atoms with Crippen LogP contribution in [-0.4, -0.2) is 42.4 Å². The molecule has 0 amide bonds. The van der Waals surface area contributed by atoms with E-state index in [9.17, 15) is 4.79 Å². The fourth-order valence-electron chi connectivity index (χ4n) is 2.96. The van der Waals surface area contributed by atoms with Gasteiger partial charge >= 0.3 is 0 Å². The Kier molecular flexibility index (Phi) is 6.28. The Morgan fingerprint density at radius 1 is 1.08 bits per heavy atom. The third kappa shape index (κ3) is 4.85. The summed E-state index contributed by atoms with van der Waals surface area (Å²) in [6.07, 6.45) is 3.01. The van der Waals surface area contributed by atoms with Crippen LogP contribution < -0.4 is 12.4 Å². The summed E-state index contributed by atoms with van der Waals surface area (Å²) in [6, 6.07) is 15.4. The van der Waals surface area contributed by atoms with Crippen molar-refractivity contribution < 1.29 is 21.7 Å². The summed E-state index contributed by atoms with van der Waals surface area (Å²) in [5.74, 6) is 0.149. The van der Waals surface area contributed by atoms with Crippen molar-refractivity contribution in [2.24, 2.45) is 0 Å². The maximum atomic E-state index is 12.5. The monoisotopic (exact) mass is 376 g/mol.